The normalized spacial score (nSPS) is 15.5. The van der Waals surface area contributed by atoms with Crippen molar-refractivity contribution in [3.05, 3.63) is 0 Å². The van der Waals surface area contributed by atoms with Gasteiger partial charge < -0.3 is 20.2 Å². The fraction of sp³-hybridized carbons (Fsp3) is 0.974. The molecular weight excluding hydrogens is 572 g/mol. The van der Waals surface area contributed by atoms with Gasteiger partial charge >= 0.3 is 0 Å². The molecule has 0 aliphatic carbocycles. The molecular formula is C39H80N4O3. The van der Waals surface area contributed by atoms with E-state index in [1.54, 1.807) is 0 Å². The van der Waals surface area contributed by atoms with Crippen LogP contribution in [0.15, 0.2) is 4.99 Å². The Bertz CT molecular complexity index is 652. The summed E-state index contributed by atoms with van der Waals surface area (Å²) in [6.45, 7) is 9.81. The SMILES string of the molecule is CCCCCCCCCCC(O)CN(CC(O)CCCCCCCCCC)NC1=NCCN1CC(O)CCCCCCCCCC. The van der Waals surface area contributed by atoms with Crippen molar-refractivity contribution in [3.63, 3.8) is 0 Å². The number of rotatable bonds is 34. The van der Waals surface area contributed by atoms with E-state index in [0.29, 0.717) is 26.2 Å². The van der Waals surface area contributed by atoms with Crippen LogP contribution in [0, 0.1) is 0 Å². The Labute approximate surface area is 286 Å². The molecule has 0 spiro atoms. The number of aliphatic hydroxyl groups is 3. The predicted octanol–water partition coefficient (Wildman–Crippen LogP) is 9.14. The smallest absolute Gasteiger partial charge is 0.209 e. The van der Waals surface area contributed by atoms with Crippen molar-refractivity contribution in [3.8, 4) is 0 Å². The summed E-state index contributed by atoms with van der Waals surface area (Å²) < 4.78 is 0. The van der Waals surface area contributed by atoms with Gasteiger partial charge in [-0.2, -0.15) is 0 Å². The van der Waals surface area contributed by atoms with E-state index in [1.807, 2.05) is 5.01 Å². The Morgan fingerprint density at radius 2 is 0.891 bits per heavy atom. The lowest BCUT2D eigenvalue weighted by molar-refractivity contribution is 0.0435. The fourth-order valence-electron chi connectivity index (χ4n) is 6.65. The summed E-state index contributed by atoms with van der Waals surface area (Å²) in [4.78, 5) is 6.87. The van der Waals surface area contributed by atoms with Crippen LogP contribution in [0.5, 0.6) is 0 Å². The number of unbranched alkanes of at least 4 members (excludes halogenated alkanes) is 21. The highest BCUT2D eigenvalue weighted by molar-refractivity contribution is 5.81. The highest BCUT2D eigenvalue weighted by Crippen LogP contribution is 2.15. The number of aliphatic hydroxyl groups excluding tert-OH is 3. The van der Waals surface area contributed by atoms with E-state index in [9.17, 15) is 15.3 Å². The number of hydrogen-bond donors (Lipinski definition) is 4. The van der Waals surface area contributed by atoms with Gasteiger partial charge in [-0.05, 0) is 19.3 Å². The third kappa shape index (κ3) is 25.2. The van der Waals surface area contributed by atoms with E-state index < -0.39 is 12.2 Å². The largest absolute Gasteiger partial charge is 0.392 e. The van der Waals surface area contributed by atoms with Gasteiger partial charge in [0.25, 0.3) is 0 Å². The second-order valence-corrected chi connectivity index (χ2v) is 14.4. The Kier molecular flexibility index (Phi) is 29.4. The topological polar surface area (TPSA) is 91.6 Å². The van der Waals surface area contributed by atoms with Crippen LogP contribution in [0.3, 0.4) is 0 Å². The van der Waals surface area contributed by atoms with Gasteiger partial charge in [0, 0.05) is 26.2 Å². The molecule has 1 aliphatic heterocycles. The maximum atomic E-state index is 11.0. The molecule has 0 saturated carbocycles. The average Bonchev–Trinajstić information content (AvgIpc) is 3.46. The summed E-state index contributed by atoms with van der Waals surface area (Å²) in [7, 11) is 0. The molecule has 0 aromatic heterocycles. The molecule has 0 aromatic carbocycles. The number of β-amino-alcohol motifs (C(OH)–C–C–N with tert-alkyl or cyclic N) is 1. The van der Waals surface area contributed by atoms with Gasteiger partial charge in [0.05, 0.1) is 24.9 Å². The quantitative estimate of drug-likeness (QED) is 0.0409. The van der Waals surface area contributed by atoms with Crippen LogP contribution in [0.2, 0.25) is 0 Å². The van der Waals surface area contributed by atoms with Crippen molar-refractivity contribution in [1.82, 2.24) is 15.3 Å². The summed E-state index contributed by atoms with van der Waals surface area (Å²) in [5.74, 6) is 0.772. The lowest BCUT2D eigenvalue weighted by atomic mass is 10.0. The molecule has 46 heavy (non-hydrogen) atoms. The third-order valence-corrected chi connectivity index (χ3v) is 9.66. The highest BCUT2D eigenvalue weighted by atomic mass is 16.3. The summed E-state index contributed by atoms with van der Waals surface area (Å²) in [5.41, 5.74) is 3.47. The first-order valence-electron chi connectivity index (χ1n) is 20.3. The third-order valence-electron chi connectivity index (χ3n) is 9.66. The molecule has 0 amide bonds. The monoisotopic (exact) mass is 653 g/mol. The lowest BCUT2D eigenvalue weighted by Gasteiger charge is -2.32. The van der Waals surface area contributed by atoms with Gasteiger partial charge in [-0.3, -0.25) is 10.4 Å². The first-order chi connectivity index (χ1) is 22.5. The number of nitrogens with one attached hydrogen (secondary N) is 1. The van der Waals surface area contributed by atoms with Gasteiger partial charge in [0.2, 0.25) is 5.96 Å². The molecule has 0 radical (unpaired) electrons. The second-order valence-electron chi connectivity index (χ2n) is 14.4. The Balaban J connectivity index is 2.50. The molecule has 4 N–H and O–H groups in total. The molecule has 0 fully saturated rings. The maximum Gasteiger partial charge on any atom is 0.209 e. The van der Waals surface area contributed by atoms with E-state index in [1.165, 1.54) is 135 Å². The second kappa shape index (κ2) is 31.4. The lowest BCUT2D eigenvalue weighted by Crippen LogP contribution is -2.53. The van der Waals surface area contributed by atoms with E-state index in [2.05, 4.69) is 31.1 Å². The van der Waals surface area contributed by atoms with Crippen LogP contribution in [0.4, 0.5) is 0 Å². The molecule has 0 bridgehead atoms. The molecule has 0 aromatic rings. The molecule has 1 heterocycles. The predicted molar refractivity (Wildman–Crippen MR) is 198 cm³/mol. The standard InChI is InChI=1S/C39H80N4O3/c1-4-7-10-13-16-19-22-25-28-36(44)33-42-32-31-40-39(42)41-43(34-37(45)29-26-23-20-17-14-11-8-5-2)35-38(46)30-27-24-21-18-15-12-9-6-3/h36-38,44-46H,4-35H2,1-3H3,(H,40,41). The summed E-state index contributed by atoms with van der Waals surface area (Å²) in [5, 5.41) is 34.7. The Morgan fingerprint density at radius 3 is 1.28 bits per heavy atom. The molecule has 1 aliphatic rings. The van der Waals surface area contributed by atoms with Gasteiger partial charge in [0.15, 0.2) is 0 Å². The number of guanidine groups is 1. The van der Waals surface area contributed by atoms with Crippen LogP contribution in [0.1, 0.15) is 194 Å². The van der Waals surface area contributed by atoms with Crippen LogP contribution < -0.4 is 5.43 Å². The maximum absolute atomic E-state index is 11.0. The molecule has 3 unspecified atom stereocenters. The van der Waals surface area contributed by atoms with E-state index >= 15 is 0 Å². The minimum absolute atomic E-state index is 0.362. The zero-order valence-corrected chi connectivity index (χ0v) is 31.0. The van der Waals surface area contributed by atoms with E-state index in [4.69, 9.17) is 4.99 Å². The summed E-state index contributed by atoms with van der Waals surface area (Å²) >= 11 is 0. The van der Waals surface area contributed by atoms with E-state index in [0.717, 1.165) is 51.0 Å². The molecule has 274 valence electrons. The van der Waals surface area contributed by atoms with Crippen molar-refractivity contribution in [2.75, 3.05) is 32.7 Å². The van der Waals surface area contributed by atoms with Crippen molar-refractivity contribution in [2.45, 2.75) is 212 Å². The van der Waals surface area contributed by atoms with Gasteiger partial charge in [-0.25, -0.2) is 5.01 Å². The minimum Gasteiger partial charge on any atom is -0.392 e. The first-order valence-corrected chi connectivity index (χ1v) is 20.3. The van der Waals surface area contributed by atoms with Crippen molar-refractivity contribution in [1.29, 1.82) is 0 Å². The van der Waals surface area contributed by atoms with Crippen molar-refractivity contribution < 1.29 is 15.3 Å². The minimum atomic E-state index is -0.439. The molecule has 0 saturated heterocycles. The van der Waals surface area contributed by atoms with Gasteiger partial charge in [0.1, 0.15) is 0 Å². The van der Waals surface area contributed by atoms with Crippen molar-refractivity contribution in [2.24, 2.45) is 4.99 Å². The Hall–Kier alpha value is -0.890. The summed E-state index contributed by atoms with van der Waals surface area (Å²) in [6, 6.07) is 0. The number of hydrazine groups is 1. The van der Waals surface area contributed by atoms with Crippen LogP contribution >= 0.6 is 0 Å². The summed E-state index contributed by atoms with van der Waals surface area (Å²) in [6.07, 6.45) is 31.5. The molecule has 7 nitrogen and oxygen atoms in total. The van der Waals surface area contributed by atoms with Gasteiger partial charge in [-0.15, -0.1) is 0 Å². The van der Waals surface area contributed by atoms with E-state index in [-0.39, 0.29) is 6.10 Å². The molecule has 3 atom stereocenters. The highest BCUT2D eigenvalue weighted by Gasteiger charge is 2.24. The van der Waals surface area contributed by atoms with Crippen LogP contribution in [0.25, 0.3) is 0 Å². The zero-order chi connectivity index (χ0) is 33.5. The molecule has 7 heteroatoms. The Morgan fingerprint density at radius 1 is 0.543 bits per heavy atom. The van der Waals surface area contributed by atoms with Crippen molar-refractivity contribution >= 4 is 5.96 Å². The number of hydrogen-bond acceptors (Lipinski definition) is 7. The number of nitrogens with zero attached hydrogens (tertiary/aromatic N) is 3. The average molecular weight is 653 g/mol. The van der Waals surface area contributed by atoms with Gasteiger partial charge in [-0.1, -0.05) is 175 Å². The zero-order valence-electron chi connectivity index (χ0n) is 31.0. The fourth-order valence-corrected chi connectivity index (χ4v) is 6.65. The van der Waals surface area contributed by atoms with Crippen LogP contribution in [-0.4, -0.2) is 82.2 Å². The first kappa shape index (κ1) is 43.1. The number of aliphatic imine (C=N–C) groups is 1. The van der Waals surface area contributed by atoms with Crippen LogP contribution in [-0.2, 0) is 0 Å². The molecule has 1 rings (SSSR count).